The summed E-state index contributed by atoms with van der Waals surface area (Å²) in [5.74, 6) is -0.818. The number of quaternary nitrogens is 1. The molecule has 0 aliphatic carbocycles. The quantitative estimate of drug-likeness (QED) is 0.0211. The van der Waals surface area contributed by atoms with E-state index >= 15 is 0 Å². The number of carbonyl (C=O) groups excluding carboxylic acids is 2. The molecule has 0 amide bonds. The third kappa shape index (κ3) is 52.4. The Labute approximate surface area is 411 Å². The molecule has 0 aromatic heterocycles. The van der Waals surface area contributed by atoms with Crippen molar-refractivity contribution < 1.29 is 42.1 Å². The molecule has 1 N–H and O–H groups in total. The van der Waals surface area contributed by atoms with E-state index in [0.29, 0.717) is 17.4 Å². The Balaban J connectivity index is 4.16. The lowest BCUT2D eigenvalue weighted by Gasteiger charge is -2.24. The predicted octanol–water partition coefficient (Wildman–Crippen LogP) is 16.3. The van der Waals surface area contributed by atoms with Crippen molar-refractivity contribution in [2.24, 2.45) is 0 Å². The van der Waals surface area contributed by atoms with Gasteiger partial charge in [0.25, 0.3) is 0 Å². The second kappa shape index (κ2) is 48.2. The molecular weight excluding hydrogens is 858 g/mol. The number of phosphoric ester groups is 1. The lowest BCUT2D eigenvalue weighted by atomic mass is 10.0. The minimum Gasteiger partial charge on any atom is -0.462 e. The molecule has 10 heteroatoms. The standard InChI is InChI=1S/C57H100NO8P/c1-6-8-10-12-14-16-18-20-22-23-24-25-26-27-28-29-30-31-32-33-34-35-36-38-40-42-44-46-48-50-57(60)66-55(54-65-67(61,62)64-52-51-58(3,4)5)53-63-56(59)49-47-45-43-41-39-37-21-19-17-15-13-11-9-7-2/h8,10,13-16,19-22,24-25,27-28,55H,6-7,9,11-12,17-18,23,26,29-54H2,1-5H3/p+1/b10-8-,15-13-,16-14-,21-19-,22-20-,25-24-,28-27-. The molecule has 9 nitrogen and oxygen atoms in total. The molecule has 0 heterocycles. The number of hydrogen-bond acceptors (Lipinski definition) is 7. The smallest absolute Gasteiger partial charge is 0.462 e. The maximum absolute atomic E-state index is 12.8. The zero-order valence-electron chi connectivity index (χ0n) is 43.6. The number of likely N-dealkylation sites (N-methyl/N-ethyl adjacent to an activating group) is 1. The van der Waals surface area contributed by atoms with E-state index < -0.39 is 26.5 Å². The van der Waals surface area contributed by atoms with Crippen molar-refractivity contribution in [2.75, 3.05) is 47.5 Å². The van der Waals surface area contributed by atoms with Crippen LogP contribution in [0.2, 0.25) is 0 Å². The van der Waals surface area contributed by atoms with Crippen molar-refractivity contribution in [3.05, 3.63) is 85.1 Å². The monoisotopic (exact) mass is 959 g/mol. The summed E-state index contributed by atoms with van der Waals surface area (Å²) in [5, 5.41) is 0. The molecule has 0 radical (unpaired) electrons. The normalized spacial score (nSPS) is 14.1. The molecule has 67 heavy (non-hydrogen) atoms. The van der Waals surface area contributed by atoms with Crippen LogP contribution in [0.25, 0.3) is 0 Å². The molecule has 2 atom stereocenters. The summed E-state index contributed by atoms with van der Waals surface area (Å²) in [6, 6.07) is 0. The third-order valence-electron chi connectivity index (χ3n) is 11.2. The van der Waals surface area contributed by atoms with Crippen LogP contribution < -0.4 is 0 Å². The van der Waals surface area contributed by atoms with Gasteiger partial charge in [-0.15, -0.1) is 0 Å². The number of esters is 2. The predicted molar refractivity (Wildman–Crippen MR) is 284 cm³/mol. The fraction of sp³-hybridized carbons (Fsp3) is 0.719. The van der Waals surface area contributed by atoms with Crippen LogP contribution in [0, 0.1) is 0 Å². The first kappa shape index (κ1) is 64.2. The Morgan fingerprint density at radius 2 is 0.851 bits per heavy atom. The largest absolute Gasteiger partial charge is 0.472 e. The first-order valence-corrected chi connectivity index (χ1v) is 28.3. The Hall–Kier alpha value is -2.81. The van der Waals surface area contributed by atoms with Crippen molar-refractivity contribution in [1.29, 1.82) is 0 Å². The van der Waals surface area contributed by atoms with E-state index in [2.05, 4.69) is 98.9 Å². The van der Waals surface area contributed by atoms with Crippen LogP contribution >= 0.6 is 7.82 Å². The second-order valence-corrected chi connectivity index (χ2v) is 20.3. The van der Waals surface area contributed by atoms with Gasteiger partial charge >= 0.3 is 19.8 Å². The van der Waals surface area contributed by atoms with Crippen molar-refractivity contribution in [3.63, 3.8) is 0 Å². The molecule has 0 spiro atoms. The van der Waals surface area contributed by atoms with Crippen molar-refractivity contribution in [1.82, 2.24) is 0 Å². The molecule has 0 aliphatic heterocycles. The van der Waals surface area contributed by atoms with Crippen LogP contribution in [0.4, 0.5) is 0 Å². The number of allylic oxidation sites excluding steroid dienone is 14. The van der Waals surface area contributed by atoms with Gasteiger partial charge in [-0.3, -0.25) is 18.6 Å². The number of rotatable bonds is 48. The molecule has 0 fully saturated rings. The second-order valence-electron chi connectivity index (χ2n) is 18.9. The average Bonchev–Trinajstić information content (AvgIpc) is 3.29. The number of phosphoric acid groups is 1. The Morgan fingerprint density at radius 1 is 0.478 bits per heavy atom. The molecule has 2 unspecified atom stereocenters. The summed E-state index contributed by atoms with van der Waals surface area (Å²) in [5.41, 5.74) is 0. The van der Waals surface area contributed by atoms with E-state index in [1.807, 2.05) is 21.1 Å². The Kier molecular flexibility index (Phi) is 46.2. The van der Waals surface area contributed by atoms with Crippen LogP contribution in [-0.2, 0) is 32.7 Å². The fourth-order valence-corrected chi connectivity index (χ4v) is 7.74. The zero-order chi connectivity index (χ0) is 49.2. The van der Waals surface area contributed by atoms with Crippen LogP contribution in [0.1, 0.15) is 213 Å². The van der Waals surface area contributed by atoms with Crippen LogP contribution in [0.5, 0.6) is 0 Å². The van der Waals surface area contributed by atoms with E-state index in [0.717, 1.165) is 103 Å². The molecule has 0 saturated heterocycles. The molecule has 0 saturated carbocycles. The van der Waals surface area contributed by atoms with Gasteiger partial charge in [0.05, 0.1) is 27.7 Å². The molecule has 0 aromatic rings. The highest BCUT2D eigenvalue weighted by Gasteiger charge is 2.27. The summed E-state index contributed by atoms with van der Waals surface area (Å²) < 4.78 is 34.4. The van der Waals surface area contributed by atoms with Gasteiger partial charge in [-0.25, -0.2) is 4.57 Å². The maximum Gasteiger partial charge on any atom is 0.472 e. The van der Waals surface area contributed by atoms with Gasteiger partial charge in [0.1, 0.15) is 19.8 Å². The zero-order valence-corrected chi connectivity index (χ0v) is 44.5. The molecule has 386 valence electrons. The first-order chi connectivity index (χ1) is 32.5. The Morgan fingerprint density at radius 3 is 1.27 bits per heavy atom. The minimum atomic E-state index is -4.39. The molecule has 0 aliphatic rings. The summed E-state index contributed by atoms with van der Waals surface area (Å²) in [7, 11) is 1.46. The van der Waals surface area contributed by atoms with Crippen molar-refractivity contribution >= 4 is 19.8 Å². The number of hydrogen-bond donors (Lipinski definition) is 1. The van der Waals surface area contributed by atoms with E-state index in [-0.39, 0.29) is 32.0 Å². The summed E-state index contributed by atoms with van der Waals surface area (Å²) >= 11 is 0. The maximum atomic E-state index is 12.8. The lowest BCUT2D eigenvalue weighted by Crippen LogP contribution is -2.37. The van der Waals surface area contributed by atoms with Crippen LogP contribution in [0.3, 0.4) is 0 Å². The summed E-state index contributed by atoms with van der Waals surface area (Å²) in [6.07, 6.45) is 63.6. The molecular formula is C57H101NO8P+. The van der Waals surface area contributed by atoms with Crippen LogP contribution in [0.15, 0.2) is 85.1 Å². The number of unbranched alkanes of at least 4 members (excludes halogenated alkanes) is 20. The third-order valence-corrected chi connectivity index (χ3v) is 12.1. The number of nitrogens with zero attached hydrogens (tertiary/aromatic N) is 1. The van der Waals surface area contributed by atoms with Gasteiger partial charge in [0.15, 0.2) is 6.10 Å². The Bertz CT molecular complexity index is 1410. The highest BCUT2D eigenvalue weighted by atomic mass is 31.2. The summed E-state index contributed by atoms with van der Waals surface area (Å²) in [4.78, 5) is 35.6. The van der Waals surface area contributed by atoms with Crippen molar-refractivity contribution in [2.45, 2.75) is 219 Å². The average molecular weight is 959 g/mol. The van der Waals surface area contributed by atoms with E-state index in [1.54, 1.807) is 0 Å². The van der Waals surface area contributed by atoms with Gasteiger partial charge in [0, 0.05) is 12.8 Å². The minimum absolute atomic E-state index is 0.0259. The highest BCUT2D eigenvalue weighted by molar-refractivity contribution is 7.47. The number of ether oxygens (including phenoxy) is 2. The molecule has 0 aromatic carbocycles. The van der Waals surface area contributed by atoms with Gasteiger partial charge in [0.2, 0.25) is 0 Å². The number of carbonyl (C=O) groups is 2. The van der Waals surface area contributed by atoms with Crippen LogP contribution in [-0.4, -0.2) is 74.9 Å². The molecule has 0 bridgehead atoms. The van der Waals surface area contributed by atoms with Gasteiger partial charge in [-0.2, -0.15) is 0 Å². The van der Waals surface area contributed by atoms with E-state index in [9.17, 15) is 19.0 Å². The molecule has 0 rings (SSSR count). The van der Waals surface area contributed by atoms with Crippen molar-refractivity contribution in [3.8, 4) is 0 Å². The first-order valence-electron chi connectivity index (χ1n) is 26.8. The lowest BCUT2D eigenvalue weighted by molar-refractivity contribution is -0.870. The van der Waals surface area contributed by atoms with E-state index in [4.69, 9.17) is 18.5 Å². The van der Waals surface area contributed by atoms with E-state index in [1.165, 1.54) is 77.0 Å². The fourth-order valence-electron chi connectivity index (χ4n) is 7.00. The summed E-state index contributed by atoms with van der Waals surface area (Å²) in [6.45, 7) is 4.25. The van der Waals surface area contributed by atoms with Gasteiger partial charge in [-0.1, -0.05) is 202 Å². The highest BCUT2D eigenvalue weighted by Crippen LogP contribution is 2.43. The van der Waals surface area contributed by atoms with Gasteiger partial charge in [-0.05, 0) is 83.5 Å². The SMILES string of the molecule is CC/C=C\C/C=C\C/C=C\C/C=C\C/C=C\CCCCCCCCCCCCCCCC(=O)OC(COC(=O)CCCCCCC/C=C\C/C=C\CCCC)COP(=O)(O)OCC[N+](C)(C)C. The topological polar surface area (TPSA) is 108 Å². The van der Waals surface area contributed by atoms with Gasteiger partial charge < -0.3 is 18.9 Å².